The summed E-state index contributed by atoms with van der Waals surface area (Å²) in [6.07, 6.45) is 1.73. The highest BCUT2D eigenvalue weighted by molar-refractivity contribution is 7.71. The van der Waals surface area contributed by atoms with Gasteiger partial charge < -0.3 is 0 Å². The maximum absolute atomic E-state index is 5.82. The van der Waals surface area contributed by atoms with Crippen LogP contribution in [0, 0.1) is 4.77 Å². The Kier molecular flexibility index (Phi) is 3.93. The molecule has 1 aromatic heterocycles. The fraction of sp³-hybridized carbons (Fsp3) is 0.250. The molecule has 0 radical (unpaired) electrons. The number of rotatable bonds is 3. The molecule has 0 amide bonds. The molecule has 18 heavy (non-hydrogen) atoms. The van der Waals surface area contributed by atoms with E-state index in [1.807, 2.05) is 38.1 Å². The van der Waals surface area contributed by atoms with Crippen LogP contribution in [0.2, 0.25) is 5.02 Å². The zero-order valence-corrected chi connectivity index (χ0v) is 11.7. The Hall–Kier alpha value is -1.46. The largest absolute Gasteiger partial charge is 0.250 e. The van der Waals surface area contributed by atoms with Gasteiger partial charge in [0.1, 0.15) is 0 Å². The van der Waals surface area contributed by atoms with E-state index in [1.54, 1.807) is 10.9 Å². The van der Waals surface area contributed by atoms with Crippen molar-refractivity contribution in [3.8, 4) is 0 Å². The minimum Gasteiger partial charge on any atom is -0.250 e. The number of nitrogens with zero attached hydrogens (tertiary/aromatic N) is 3. The van der Waals surface area contributed by atoms with E-state index in [-0.39, 0.29) is 5.92 Å². The van der Waals surface area contributed by atoms with Crippen molar-refractivity contribution in [1.82, 2.24) is 14.9 Å². The lowest BCUT2D eigenvalue weighted by atomic mass is 10.2. The number of benzene rings is 1. The van der Waals surface area contributed by atoms with Gasteiger partial charge in [0, 0.05) is 10.9 Å². The first kappa shape index (κ1) is 13.0. The molecule has 0 aliphatic rings. The lowest BCUT2D eigenvalue weighted by molar-refractivity contribution is 0.695. The van der Waals surface area contributed by atoms with Gasteiger partial charge in [-0.05, 0) is 29.9 Å². The molecule has 1 aromatic carbocycles. The molecule has 0 bridgehead atoms. The number of H-pyrrole nitrogens is 1. The normalized spacial score (nSPS) is 11.6. The molecule has 1 N–H and O–H groups in total. The van der Waals surface area contributed by atoms with Crippen LogP contribution < -0.4 is 0 Å². The second-order valence-corrected chi connectivity index (χ2v) is 4.97. The van der Waals surface area contributed by atoms with E-state index < -0.39 is 0 Å². The van der Waals surface area contributed by atoms with Gasteiger partial charge in [-0.15, -0.1) is 0 Å². The summed E-state index contributed by atoms with van der Waals surface area (Å²) in [6.45, 7) is 4.08. The Balaban J connectivity index is 2.31. The molecule has 0 saturated heterocycles. The number of hydrogen-bond acceptors (Lipinski definition) is 3. The summed E-state index contributed by atoms with van der Waals surface area (Å²) < 4.78 is 2.12. The van der Waals surface area contributed by atoms with Crippen LogP contribution in [0.15, 0.2) is 29.4 Å². The lowest BCUT2D eigenvalue weighted by Gasteiger charge is -2.02. The highest BCUT2D eigenvalue weighted by Gasteiger charge is 2.08. The Morgan fingerprint density at radius 2 is 2.06 bits per heavy atom. The number of aromatic nitrogens is 3. The van der Waals surface area contributed by atoms with Crippen LogP contribution in [0.5, 0.6) is 0 Å². The van der Waals surface area contributed by atoms with E-state index in [1.165, 1.54) is 0 Å². The summed E-state index contributed by atoms with van der Waals surface area (Å²) >= 11 is 11.0. The summed E-state index contributed by atoms with van der Waals surface area (Å²) in [6, 6.07) is 7.43. The van der Waals surface area contributed by atoms with Crippen LogP contribution in [0.4, 0.5) is 0 Å². The molecule has 0 saturated carbocycles. The Morgan fingerprint density at radius 1 is 1.39 bits per heavy atom. The van der Waals surface area contributed by atoms with Crippen molar-refractivity contribution in [3.63, 3.8) is 0 Å². The number of halogens is 1. The van der Waals surface area contributed by atoms with Crippen LogP contribution in [0.25, 0.3) is 0 Å². The molecule has 1 heterocycles. The van der Waals surface area contributed by atoms with Gasteiger partial charge in [-0.3, -0.25) is 5.10 Å². The molecule has 6 heteroatoms. The van der Waals surface area contributed by atoms with Crippen molar-refractivity contribution in [2.75, 3.05) is 0 Å². The molecular weight excluding hydrogens is 268 g/mol. The smallest absolute Gasteiger partial charge is 0.216 e. The third-order valence-electron chi connectivity index (χ3n) is 2.38. The minimum absolute atomic E-state index is 0.250. The molecule has 2 rings (SSSR count). The van der Waals surface area contributed by atoms with E-state index >= 15 is 0 Å². The van der Waals surface area contributed by atoms with E-state index in [9.17, 15) is 0 Å². The predicted molar refractivity (Wildman–Crippen MR) is 75.9 cm³/mol. The van der Waals surface area contributed by atoms with Crippen LogP contribution in [-0.2, 0) is 0 Å². The number of hydrogen-bond donors (Lipinski definition) is 1. The average Bonchev–Trinajstić information content (AvgIpc) is 2.70. The van der Waals surface area contributed by atoms with Gasteiger partial charge in [0.25, 0.3) is 0 Å². The van der Waals surface area contributed by atoms with Gasteiger partial charge in [0.2, 0.25) is 4.77 Å². The topological polar surface area (TPSA) is 46.0 Å². The van der Waals surface area contributed by atoms with E-state index in [0.29, 0.717) is 9.79 Å². The molecule has 0 fully saturated rings. The standard InChI is InChI=1S/C12H13ClN4S/c1-8(2)11-15-16-12(18)17(11)14-7-9-3-5-10(13)6-4-9/h3-8H,1-2H3,(H,16,18)/b14-7+. The lowest BCUT2D eigenvalue weighted by Crippen LogP contribution is -2.00. The minimum atomic E-state index is 0.250. The highest BCUT2D eigenvalue weighted by Crippen LogP contribution is 2.12. The van der Waals surface area contributed by atoms with E-state index in [0.717, 1.165) is 11.4 Å². The van der Waals surface area contributed by atoms with Gasteiger partial charge in [0.15, 0.2) is 5.82 Å². The molecular formula is C12H13ClN4S. The van der Waals surface area contributed by atoms with Crippen molar-refractivity contribution in [3.05, 3.63) is 45.4 Å². The van der Waals surface area contributed by atoms with Gasteiger partial charge in [-0.2, -0.15) is 14.9 Å². The van der Waals surface area contributed by atoms with Gasteiger partial charge >= 0.3 is 0 Å². The van der Waals surface area contributed by atoms with E-state index in [4.69, 9.17) is 23.8 Å². The first-order valence-electron chi connectivity index (χ1n) is 5.55. The monoisotopic (exact) mass is 280 g/mol. The highest BCUT2D eigenvalue weighted by atomic mass is 35.5. The predicted octanol–water partition coefficient (Wildman–Crippen LogP) is 3.60. The third kappa shape index (κ3) is 2.86. The summed E-state index contributed by atoms with van der Waals surface area (Å²) in [4.78, 5) is 0. The van der Waals surface area contributed by atoms with Gasteiger partial charge in [0.05, 0.1) is 6.21 Å². The molecule has 0 aliphatic heterocycles. The van der Waals surface area contributed by atoms with Crippen molar-refractivity contribution in [2.45, 2.75) is 19.8 Å². The first-order chi connectivity index (χ1) is 8.58. The van der Waals surface area contributed by atoms with Crippen LogP contribution in [0.1, 0.15) is 31.2 Å². The van der Waals surface area contributed by atoms with Crippen LogP contribution in [0.3, 0.4) is 0 Å². The summed E-state index contributed by atoms with van der Waals surface area (Å²) in [5.41, 5.74) is 0.956. The maximum Gasteiger partial charge on any atom is 0.216 e. The summed E-state index contributed by atoms with van der Waals surface area (Å²) in [7, 11) is 0. The molecule has 0 aliphatic carbocycles. The summed E-state index contributed by atoms with van der Waals surface area (Å²) in [5.74, 6) is 1.06. The fourth-order valence-electron chi connectivity index (χ4n) is 1.46. The Bertz CT molecular complexity index is 610. The number of aromatic amines is 1. The molecule has 0 unspecified atom stereocenters. The van der Waals surface area contributed by atoms with Crippen LogP contribution >= 0.6 is 23.8 Å². The molecule has 0 atom stereocenters. The van der Waals surface area contributed by atoms with Gasteiger partial charge in [-0.25, -0.2) is 0 Å². The third-order valence-corrected chi connectivity index (χ3v) is 2.90. The van der Waals surface area contributed by atoms with Crippen molar-refractivity contribution in [1.29, 1.82) is 0 Å². The van der Waals surface area contributed by atoms with Gasteiger partial charge in [-0.1, -0.05) is 37.6 Å². The zero-order chi connectivity index (χ0) is 13.1. The molecule has 94 valence electrons. The van der Waals surface area contributed by atoms with Crippen molar-refractivity contribution in [2.24, 2.45) is 5.10 Å². The quantitative estimate of drug-likeness (QED) is 0.690. The Labute approximate surface area is 115 Å². The second kappa shape index (κ2) is 5.46. The fourth-order valence-corrected chi connectivity index (χ4v) is 1.77. The molecule has 4 nitrogen and oxygen atoms in total. The number of nitrogens with one attached hydrogen (secondary N) is 1. The Morgan fingerprint density at radius 3 is 2.67 bits per heavy atom. The first-order valence-corrected chi connectivity index (χ1v) is 6.34. The van der Waals surface area contributed by atoms with Crippen LogP contribution in [-0.4, -0.2) is 21.1 Å². The van der Waals surface area contributed by atoms with Crippen molar-refractivity contribution >= 4 is 30.0 Å². The zero-order valence-electron chi connectivity index (χ0n) is 10.1. The average molecular weight is 281 g/mol. The maximum atomic E-state index is 5.82. The summed E-state index contributed by atoms with van der Waals surface area (Å²) in [5, 5.41) is 11.9. The van der Waals surface area contributed by atoms with Crippen molar-refractivity contribution < 1.29 is 0 Å². The second-order valence-electron chi connectivity index (χ2n) is 4.15. The SMILES string of the molecule is CC(C)c1n[nH]c(=S)n1/N=C/c1ccc(Cl)cc1. The molecule has 2 aromatic rings. The molecule has 0 spiro atoms. The van der Waals surface area contributed by atoms with E-state index in [2.05, 4.69) is 15.3 Å².